The number of benzene rings is 1. The number of hydrogen-bond donors (Lipinski definition) is 0. The number of aromatic nitrogens is 1. The summed E-state index contributed by atoms with van der Waals surface area (Å²) in [5.74, 6) is -0.198. The van der Waals surface area contributed by atoms with Crippen LogP contribution in [0, 0.1) is 5.82 Å². The van der Waals surface area contributed by atoms with Crippen LogP contribution in [0.4, 0.5) is 4.39 Å². The highest BCUT2D eigenvalue weighted by Crippen LogP contribution is 2.26. The highest BCUT2D eigenvalue weighted by atomic mass is 19.1. The summed E-state index contributed by atoms with van der Waals surface area (Å²) in [6, 6.07) is 5.86. The molecule has 0 saturated carbocycles. The first-order chi connectivity index (χ1) is 8.11. The molecule has 0 aliphatic carbocycles. The van der Waals surface area contributed by atoms with Gasteiger partial charge >= 0.3 is 0 Å². The lowest BCUT2D eigenvalue weighted by molar-refractivity contribution is 0.100. The highest BCUT2D eigenvalue weighted by molar-refractivity contribution is 5.92. The van der Waals surface area contributed by atoms with Crippen LogP contribution < -0.4 is 4.74 Å². The summed E-state index contributed by atoms with van der Waals surface area (Å²) in [6.07, 6.45) is 0. The zero-order valence-corrected chi connectivity index (χ0v) is 9.36. The first-order valence-electron chi connectivity index (χ1n) is 4.93. The fraction of sp³-hybridized carbons (Fsp3) is 0.167. The van der Waals surface area contributed by atoms with Gasteiger partial charge in [0.05, 0.1) is 7.11 Å². The number of rotatable bonds is 3. The first kappa shape index (κ1) is 11.3. The molecule has 0 aliphatic rings. The van der Waals surface area contributed by atoms with E-state index >= 15 is 0 Å². The van der Waals surface area contributed by atoms with E-state index in [9.17, 15) is 9.18 Å². The maximum absolute atomic E-state index is 13.4. The van der Waals surface area contributed by atoms with Crippen LogP contribution in [0.25, 0.3) is 11.3 Å². The van der Waals surface area contributed by atoms with Crippen molar-refractivity contribution in [2.75, 3.05) is 7.11 Å². The summed E-state index contributed by atoms with van der Waals surface area (Å²) in [6.45, 7) is 1.39. The van der Waals surface area contributed by atoms with Gasteiger partial charge in [-0.2, -0.15) is 0 Å². The van der Waals surface area contributed by atoms with E-state index in [1.165, 1.54) is 32.2 Å². The largest absolute Gasteiger partial charge is 0.494 e. The molecular weight excluding hydrogens is 225 g/mol. The Morgan fingerprint density at radius 2 is 2.18 bits per heavy atom. The van der Waals surface area contributed by atoms with Crippen LogP contribution in [0.1, 0.15) is 17.4 Å². The minimum atomic E-state index is -0.495. The van der Waals surface area contributed by atoms with Gasteiger partial charge in [-0.05, 0) is 18.2 Å². The average Bonchev–Trinajstić information content (AvgIpc) is 2.78. The van der Waals surface area contributed by atoms with Crippen molar-refractivity contribution in [2.45, 2.75) is 6.92 Å². The van der Waals surface area contributed by atoms with E-state index < -0.39 is 5.82 Å². The molecule has 0 fully saturated rings. The van der Waals surface area contributed by atoms with E-state index in [1.807, 2.05) is 0 Å². The molecule has 5 heteroatoms. The molecule has 2 aromatic rings. The molecule has 0 unspecified atom stereocenters. The molecule has 0 bridgehead atoms. The van der Waals surface area contributed by atoms with Gasteiger partial charge in [0.15, 0.2) is 23.1 Å². The fourth-order valence-corrected chi connectivity index (χ4v) is 1.40. The summed E-state index contributed by atoms with van der Waals surface area (Å²) >= 11 is 0. The summed E-state index contributed by atoms with van der Waals surface area (Å²) in [4.78, 5) is 11.0. The number of carbonyl (C=O) groups is 1. The normalized spacial score (nSPS) is 10.3. The van der Waals surface area contributed by atoms with Crippen molar-refractivity contribution in [1.82, 2.24) is 5.16 Å². The molecule has 0 aliphatic heterocycles. The molecule has 1 aromatic heterocycles. The number of methoxy groups -OCH3 is 1. The van der Waals surface area contributed by atoms with Gasteiger partial charge < -0.3 is 9.26 Å². The predicted octanol–water partition coefficient (Wildman–Crippen LogP) is 2.69. The molecular formula is C12H10FNO3. The van der Waals surface area contributed by atoms with E-state index in [0.29, 0.717) is 11.3 Å². The van der Waals surface area contributed by atoms with Gasteiger partial charge in [-0.3, -0.25) is 4.79 Å². The maximum Gasteiger partial charge on any atom is 0.181 e. The SMILES string of the molecule is COc1ccc(-c2cc(C(C)=O)no2)cc1F. The molecule has 4 nitrogen and oxygen atoms in total. The number of ether oxygens (including phenoxy) is 1. The molecule has 17 heavy (non-hydrogen) atoms. The predicted molar refractivity (Wildman–Crippen MR) is 58.5 cm³/mol. The molecule has 2 rings (SSSR count). The van der Waals surface area contributed by atoms with Gasteiger partial charge in [-0.15, -0.1) is 0 Å². The van der Waals surface area contributed by atoms with Crippen LogP contribution >= 0.6 is 0 Å². The summed E-state index contributed by atoms with van der Waals surface area (Å²) in [7, 11) is 1.39. The van der Waals surface area contributed by atoms with Crippen LogP contribution in [0.5, 0.6) is 5.75 Å². The van der Waals surface area contributed by atoms with Crippen LogP contribution in [-0.4, -0.2) is 18.0 Å². The third-order valence-corrected chi connectivity index (χ3v) is 2.31. The third-order valence-electron chi connectivity index (χ3n) is 2.31. The maximum atomic E-state index is 13.4. The summed E-state index contributed by atoms with van der Waals surface area (Å²) < 4.78 is 23.2. The molecule has 0 atom stereocenters. The third kappa shape index (κ3) is 2.18. The first-order valence-corrected chi connectivity index (χ1v) is 4.93. The molecule has 0 N–H and O–H groups in total. The van der Waals surface area contributed by atoms with Gasteiger partial charge in [-0.1, -0.05) is 5.16 Å². The lowest BCUT2D eigenvalue weighted by atomic mass is 10.1. The number of hydrogen-bond acceptors (Lipinski definition) is 4. The van der Waals surface area contributed by atoms with Crippen LogP contribution in [-0.2, 0) is 0 Å². The Labute approximate surface area is 97.0 Å². The lowest BCUT2D eigenvalue weighted by Gasteiger charge is -2.02. The van der Waals surface area contributed by atoms with Crippen molar-refractivity contribution in [3.05, 3.63) is 35.8 Å². The number of carbonyl (C=O) groups excluding carboxylic acids is 1. The molecule has 1 heterocycles. The smallest absolute Gasteiger partial charge is 0.181 e. The van der Waals surface area contributed by atoms with Crippen molar-refractivity contribution in [1.29, 1.82) is 0 Å². The number of nitrogens with zero attached hydrogens (tertiary/aromatic N) is 1. The molecule has 0 saturated heterocycles. The van der Waals surface area contributed by atoms with Gasteiger partial charge in [0.2, 0.25) is 0 Å². The summed E-state index contributed by atoms with van der Waals surface area (Å²) in [5, 5.41) is 3.59. The van der Waals surface area contributed by atoms with Gasteiger partial charge in [0.1, 0.15) is 5.69 Å². The Kier molecular flexibility index (Phi) is 2.91. The number of Topliss-reactive ketones (excluding diaryl/α,β-unsaturated/α-hetero) is 1. The number of halogens is 1. The molecule has 0 amide bonds. The van der Waals surface area contributed by atoms with Gasteiger partial charge in [0, 0.05) is 18.6 Å². The van der Waals surface area contributed by atoms with E-state index in [0.717, 1.165) is 0 Å². The lowest BCUT2D eigenvalue weighted by Crippen LogP contribution is -1.90. The minimum absolute atomic E-state index is 0.153. The van der Waals surface area contributed by atoms with E-state index in [-0.39, 0.29) is 17.2 Å². The zero-order valence-electron chi connectivity index (χ0n) is 9.36. The zero-order chi connectivity index (χ0) is 12.4. The number of ketones is 1. The van der Waals surface area contributed by atoms with Crippen molar-refractivity contribution in [3.8, 4) is 17.1 Å². The van der Waals surface area contributed by atoms with Crippen molar-refractivity contribution in [3.63, 3.8) is 0 Å². The average molecular weight is 235 g/mol. The van der Waals surface area contributed by atoms with Crippen LogP contribution in [0.2, 0.25) is 0 Å². The molecule has 0 radical (unpaired) electrons. The van der Waals surface area contributed by atoms with E-state index in [2.05, 4.69) is 5.16 Å². The van der Waals surface area contributed by atoms with Crippen molar-refractivity contribution < 1.29 is 18.4 Å². The minimum Gasteiger partial charge on any atom is -0.494 e. The Morgan fingerprint density at radius 1 is 1.41 bits per heavy atom. The second-order valence-electron chi connectivity index (χ2n) is 3.48. The van der Waals surface area contributed by atoms with Crippen molar-refractivity contribution >= 4 is 5.78 Å². The second kappa shape index (κ2) is 4.37. The van der Waals surface area contributed by atoms with Gasteiger partial charge in [0.25, 0.3) is 0 Å². The Bertz CT molecular complexity index is 563. The summed E-state index contributed by atoms with van der Waals surface area (Å²) in [5.41, 5.74) is 0.722. The quantitative estimate of drug-likeness (QED) is 0.767. The van der Waals surface area contributed by atoms with E-state index in [1.54, 1.807) is 6.07 Å². The monoisotopic (exact) mass is 235 g/mol. The highest BCUT2D eigenvalue weighted by Gasteiger charge is 2.12. The van der Waals surface area contributed by atoms with Crippen molar-refractivity contribution in [2.24, 2.45) is 0 Å². The second-order valence-corrected chi connectivity index (χ2v) is 3.48. The van der Waals surface area contributed by atoms with E-state index in [4.69, 9.17) is 9.26 Å². The Morgan fingerprint density at radius 3 is 2.71 bits per heavy atom. The Balaban J connectivity index is 2.39. The molecule has 88 valence electrons. The van der Waals surface area contributed by atoms with Gasteiger partial charge in [-0.25, -0.2) is 4.39 Å². The van der Waals surface area contributed by atoms with Crippen LogP contribution in [0.15, 0.2) is 28.8 Å². The molecule has 0 spiro atoms. The fourth-order valence-electron chi connectivity index (χ4n) is 1.40. The Hall–Kier alpha value is -2.17. The van der Waals surface area contributed by atoms with Crippen LogP contribution in [0.3, 0.4) is 0 Å². The standard InChI is InChI=1S/C12H10FNO3/c1-7(15)10-6-12(17-14-10)8-3-4-11(16-2)9(13)5-8/h3-6H,1-2H3. The topological polar surface area (TPSA) is 52.3 Å². The molecule has 1 aromatic carbocycles.